The van der Waals surface area contributed by atoms with Gasteiger partial charge in [0.1, 0.15) is 5.75 Å². The van der Waals surface area contributed by atoms with E-state index < -0.39 is 5.97 Å². The number of ether oxygens (including phenoxy) is 2. The molecule has 0 amide bonds. The molecule has 1 aromatic heterocycles. The largest absolute Gasteiger partial charge is 0.480 e. The molecule has 2 N–H and O–H groups in total. The highest BCUT2D eigenvalue weighted by Gasteiger charge is 2.08. The highest BCUT2D eigenvalue weighted by Crippen LogP contribution is 2.19. The molecule has 19 heavy (non-hydrogen) atoms. The highest BCUT2D eigenvalue weighted by atomic mass is 16.6. The molecule has 2 rings (SSSR count). The smallest absolute Gasteiger partial charge is 0.344 e. The first-order valence-corrected chi connectivity index (χ1v) is 5.51. The van der Waals surface area contributed by atoms with E-state index in [2.05, 4.69) is 15.4 Å². The molecule has 0 spiro atoms. The third-order valence-corrected chi connectivity index (χ3v) is 2.18. The van der Waals surface area contributed by atoms with Crippen molar-refractivity contribution in [3.63, 3.8) is 0 Å². The molecule has 0 unspecified atom stereocenters. The number of anilines is 1. The maximum Gasteiger partial charge on any atom is 0.344 e. The molecule has 1 heterocycles. The molecule has 0 aliphatic rings. The number of carbonyl (C=O) groups excluding carboxylic acids is 1. The van der Waals surface area contributed by atoms with Gasteiger partial charge >= 0.3 is 5.97 Å². The number of aryl methyl sites for hydroxylation is 1. The van der Waals surface area contributed by atoms with Crippen LogP contribution in [0.2, 0.25) is 0 Å². The van der Waals surface area contributed by atoms with Crippen molar-refractivity contribution < 1.29 is 14.3 Å². The molecular weight excluding hydrogens is 250 g/mol. The summed E-state index contributed by atoms with van der Waals surface area (Å²) in [5, 5.41) is 11.2. The van der Waals surface area contributed by atoms with Crippen LogP contribution in [0.3, 0.4) is 0 Å². The quantitative estimate of drug-likeness (QED) is 0.593. The molecule has 2 aromatic rings. The second-order valence-electron chi connectivity index (χ2n) is 3.68. The summed E-state index contributed by atoms with van der Waals surface area (Å²) in [6.07, 6.45) is 0. The second kappa shape index (κ2) is 5.80. The number of benzene rings is 1. The van der Waals surface area contributed by atoms with Gasteiger partial charge in [0, 0.05) is 0 Å². The Morgan fingerprint density at radius 3 is 2.89 bits per heavy atom. The molecule has 0 saturated heterocycles. The van der Waals surface area contributed by atoms with Crippen LogP contribution in [-0.4, -0.2) is 32.8 Å². The minimum atomic E-state index is -0.532. The Bertz CT molecular complexity index is 569. The number of carbonyl (C=O) groups is 1. The minimum Gasteiger partial charge on any atom is -0.480 e. The third-order valence-electron chi connectivity index (χ3n) is 2.18. The van der Waals surface area contributed by atoms with Crippen LogP contribution in [0.25, 0.3) is 0 Å². The van der Waals surface area contributed by atoms with Gasteiger partial charge in [-0.1, -0.05) is 12.1 Å². The maximum atomic E-state index is 11.4. The molecule has 0 atom stereocenters. The number of para-hydroxylation sites is 2. The zero-order valence-electron chi connectivity index (χ0n) is 10.3. The topological polar surface area (TPSA) is 105 Å². The Morgan fingerprint density at radius 2 is 2.21 bits per heavy atom. The van der Waals surface area contributed by atoms with Crippen molar-refractivity contribution in [2.45, 2.75) is 6.61 Å². The first-order chi connectivity index (χ1) is 9.15. The number of esters is 1. The average Bonchev–Trinajstić information content (AvgIpc) is 2.81. The van der Waals surface area contributed by atoms with Crippen molar-refractivity contribution in [3.05, 3.63) is 30.1 Å². The predicted octanol–water partition coefficient (Wildman–Crippen LogP) is -0.0855. The molecule has 8 nitrogen and oxygen atoms in total. The number of rotatable bonds is 5. The second-order valence-corrected chi connectivity index (χ2v) is 3.68. The van der Waals surface area contributed by atoms with E-state index in [4.69, 9.17) is 15.2 Å². The van der Waals surface area contributed by atoms with Crippen LogP contribution in [0.15, 0.2) is 24.3 Å². The molecule has 0 saturated carbocycles. The van der Waals surface area contributed by atoms with Crippen LogP contribution in [0.4, 0.5) is 5.69 Å². The van der Waals surface area contributed by atoms with Gasteiger partial charge in [0.05, 0.1) is 12.7 Å². The number of nitrogens with two attached hydrogens (primary N) is 1. The summed E-state index contributed by atoms with van der Waals surface area (Å²) in [5.41, 5.74) is 6.13. The summed E-state index contributed by atoms with van der Waals surface area (Å²) in [6, 6.07) is 6.90. The fourth-order valence-corrected chi connectivity index (χ4v) is 1.32. The number of tetrazole rings is 1. The van der Waals surface area contributed by atoms with E-state index in [1.54, 1.807) is 31.3 Å². The predicted molar refractivity (Wildman–Crippen MR) is 64.9 cm³/mol. The fraction of sp³-hybridized carbons (Fsp3) is 0.273. The number of nitrogen functional groups attached to an aromatic ring is 1. The van der Waals surface area contributed by atoms with Gasteiger partial charge < -0.3 is 15.2 Å². The van der Waals surface area contributed by atoms with Gasteiger partial charge in [0.15, 0.2) is 13.2 Å². The van der Waals surface area contributed by atoms with Gasteiger partial charge in [-0.2, -0.15) is 4.80 Å². The Hall–Kier alpha value is -2.64. The normalized spacial score (nSPS) is 10.2. The van der Waals surface area contributed by atoms with Crippen LogP contribution in [-0.2, 0) is 23.2 Å². The molecular formula is C11H13N5O3. The molecule has 0 radical (unpaired) electrons. The molecule has 100 valence electrons. The van der Waals surface area contributed by atoms with Crippen molar-refractivity contribution in [2.75, 3.05) is 12.3 Å². The zero-order valence-corrected chi connectivity index (χ0v) is 10.3. The fourth-order valence-electron chi connectivity index (χ4n) is 1.32. The Labute approximate surface area is 109 Å². The van der Waals surface area contributed by atoms with Crippen LogP contribution in [0.1, 0.15) is 5.82 Å². The van der Waals surface area contributed by atoms with Crippen LogP contribution in [0.5, 0.6) is 5.75 Å². The molecule has 0 aliphatic carbocycles. The maximum absolute atomic E-state index is 11.4. The Morgan fingerprint density at radius 1 is 1.42 bits per heavy atom. The SMILES string of the molecule is Cn1nnc(COC(=O)COc2ccccc2N)n1. The molecule has 0 fully saturated rings. The minimum absolute atomic E-state index is 0.0414. The highest BCUT2D eigenvalue weighted by molar-refractivity contribution is 5.71. The summed E-state index contributed by atoms with van der Waals surface area (Å²) in [5.74, 6) is 0.239. The molecule has 0 aliphatic heterocycles. The van der Waals surface area contributed by atoms with Crippen molar-refractivity contribution in [1.82, 2.24) is 20.2 Å². The lowest BCUT2D eigenvalue weighted by atomic mass is 10.3. The standard InChI is InChI=1S/C11H13N5O3/c1-16-14-10(13-15-16)6-19-11(17)7-18-9-5-3-2-4-8(9)12/h2-5H,6-7,12H2,1H3. The third kappa shape index (κ3) is 3.66. The monoisotopic (exact) mass is 263 g/mol. The van der Waals surface area contributed by atoms with Crippen LogP contribution < -0.4 is 10.5 Å². The molecule has 8 heteroatoms. The molecule has 1 aromatic carbocycles. The van der Waals surface area contributed by atoms with Crippen LogP contribution in [0, 0.1) is 0 Å². The Kier molecular flexibility index (Phi) is 3.91. The van der Waals surface area contributed by atoms with E-state index in [0.29, 0.717) is 17.3 Å². The van der Waals surface area contributed by atoms with Gasteiger partial charge in [0.25, 0.3) is 0 Å². The lowest BCUT2D eigenvalue weighted by Crippen LogP contribution is -2.15. The van der Waals surface area contributed by atoms with Crippen LogP contribution >= 0.6 is 0 Å². The van der Waals surface area contributed by atoms with Gasteiger partial charge in [-0.15, -0.1) is 10.2 Å². The lowest BCUT2D eigenvalue weighted by Gasteiger charge is -2.07. The van der Waals surface area contributed by atoms with E-state index in [1.165, 1.54) is 4.80 Å². The summed E-state index contributed by atoms with van der Waals surface area (Å²) in [7, 11) is 1.62. The summed E-state index contributed by atoms with van der Waals surface area (Å²) in [4.78, 5) is 12.7. The Balaban J connectivity index is 1.77. The van der Waals surface area contributed by atoms with Gasteiger partial charge in [-0.05, 0) is 17.3 Å². The lowest BCUT2D eigenvalue weighted by molar-refractivity contribution is -0.147. The van der Waals surface area contributed by atoms with Crippen molar-refractivity contribution in [3.8, 4) is 5.75 Å². The molecule has 0 bridgehead atoms. The van der Waals surface area contributed by atoms with E-state index in [1.807, 2.05) is 0 Å². The van der Waals surface area contributed by atoms with E-state index in [-0.39, 0.29) is 13.2 Å². The summed E-state index contributed by atoms with van der Waals surface area (Å²) >= 11 is 0. The van der Waals surface area contributed by atoms with Crippen molar-refractivity contribution >= 4 is 11.7 Å². The van der Waals surface area contributed by atoms with E-state index in [9.17, 15) is 4.79 Å². The first-order valence-electron chi connectivity index (χ1n) is 5.51. The van der Waals surface area contributed by atoms with Crippen molar-refractivity contribution in [2.24, 2.45) is 7.05 Å². The number of aromatic nitrogens is 4. The number of nitrogens with zero attached hydrogens (tertiary/aromatic N) is 4. The van der Waals surface area contributed by atoms with Gasteiger partial charge in [-0.3, -0.25) is 0 Å². The average molecular weight is 263 g/mol. The summed E-state index contributed by atoms with van der Waals surface area (Å²) in [6.45, 7) is -0.269. The summed E-state index contributed by atoms with van der Waals surface area (Å²) < 4.78 is 10.2. The van der Waals surface area contributed by atoms with Gasteiger partial charge in [-0.25, -0.2) is 4.79 Å². The number of hydrogen-bond acceptors (Lipinski definition) is 7. The zero-order chi connectivity index (χ0) is 13.7. The first kappa shape index (κ1) is 12.8. The number of hydrogen-bond donors (Lipinski definition) is 1. The van der Waals surface area contributed by atoms with Crippen molar-refractivity contribution in [1.29, 1.82) is 0 Å². The van der Waals surface area contributed by atoms with E-state index in [0.717, 1.165) is 0 Å². The van der Waals surface area contributed by atoms with E-state index >= 15 is 0 Å². The van der Waals surface area contributed by atoms with Gasteiger partial charge in [0.2, 0.25) is 5.82 Å².